The first-order chi connectivity index (χ1) is 14.8. The van der Waals surface area contributed by atoms with Crippen molar-refractivity contribution in [3.63, 3.8) is 0 Å². The number of nitrogens with zero attached hydrogens (tertiary/aromatic N) is 2. The Hall–Kier alpha value is -3.39. The third-order valence-corrected chi connectivity index (χ3v) is 6.07. The van der Waals surface area contributed by atoms with Crippen LogP contribution in [0.15, 0.2) is 18.2 Å². The average molecular weight is 472 g/mol. The summed E-state index contributed by atoms with van der Waals surface area (Å²) in [6.07, 6.45) is -1.16. The zero-order valence-electron chi connectivity index (χ0n) is 17.3. The number of ether oxygens (including phenoxy) is 1. The number of carboxylic acid groups (broad SMARTS) is 1. The maximum atomic E-state index is 12.2. The van der Waals surface area contributed by atoms with E-state index in [1.54, 1.807) is 6.92 Å². The number of phenolic OH excluding ortho intramolecular Hbond substituents is 2. The number of likely N-dealkylation sites (tertiary alicyclic amines) is 1. The second kappa shape index (κ2) is 9.40. The van der Waals surface area contributed by atoms with Crippen LogP contribution in [-0.2, 0) is 25.4 Å². The lowest BCUT2D eigenvalue weighted by molar-refractivity contribution is -0.163. The van der Waals surface area contributed by atoms with E-state index in [2.05, 4.69) is 5.43 Å². The van der Waals surface area contributed by atoms with Crippen LogP contribution in [0.2, 0.25) is 0 Å². The highest BCUT2D eigenvalue weighted by Gasteiger charge is 2.52. The molecule has 1 saturated heterocycles. The molecule has 4 atom stereocenters. The topological polar surface area (TPSA) is 197 Å². The molecule has 1 heterocycles. The summed E-state index contributed by atoms with van der Waals surface area (Å²) in [5.74, 6) is -4.01. The highest BCUT2D eigenvalue weighted by atomic mass is 32.2. The Bertz CT molecular complexity index is 970. The third-order valence-electron chi connectivity index (χ3n) is 4.97. The van der Waals surface area contributed by atoms with Gasteiger partial charge in [0.1, 0.15) is 12.6 Å². The molecule has 0 saturated carbocycles. The number of phenols is 2. The summed E-state index contributed by atoms with van der Waals surface area (Å²) in [4.78, 5) is 49.0. The molecule has 176 valence electrons. The molecular weight excluding hydrogens is 450 g/mol. The molecule has 1 unspecified atom stereocenters. The van der Waals surface area contributed by atoms with Crippen molar-refractivity contribution in [2.24, 2.45) is 0 Å². The number of aliphatic carboxylic acids is 1. The number of benzene rings is 1. The van der Waals surface area contributed by atoms with E-state index in [0.717, 1.165) is 31.0 Å². The number of carbonyl (C=O) groups excluding carboxylic acids is 3. The van der Waals surface area contributed by atoms with E-state index >= 15 is 0 Å². The Labute approximate surface area is 184 Å². The van der Waals surface area contributed by atoms with Gasteiger partial charge in [-0.2, -0.15) is 0 Å². The Morgan fingerprint density at radius 1 is 1.38 bits per heavy atom. The Morgan fingerprint density at radius 2 is 2.00 bits per heavy atom. The van der Waals surface area contributed by atoms with Crippen molar-refractivity contribution >= 4 is 35.0 Å². The van der Waals surface area contributed by atoms with Crippen LogP contribution < -0.4 is 5.43 Å². The Balaban J connectivity index is 2.10. The third kappa shape index (κ3) is 4.91. The molecule has 0 spiro atoms. The summed E-state index contributed by atoms with van der Waals surface area (Å²) in [5.41, 5.74) is 2.00. The maximum absolute atomic E-state index is 12.2. The van der Waals surface area contributed by atoms with Crippen molar-refractivity contribution in [2.45, 2.75) is 37.1 Å². The molecule has 13 nitrogen and oxygen atoms in total. The van der Waals surface area contributed by atoms with E-state index in [4.69, 9.17) is 4.74 Å². The minimum absolute atomic E-state index is 0.0622. The molecule has 14 heteroatoms. The van der Waals surface area contributed by atoms with Gasteiger partial charge in [-0.1, -0.05) is 0 Å². The van der Waals surface area contributed by atoms with Gasteiger partial charge in [0.15, 0.2) is 11.5 Å². The van der Waals surface area contributed by atoms with Crippen LogP contribution >= 0.6 is 0 Å². The fraction of sp³-hybridized carbons (Fsp3) is 0.444. The number of carboxylic acids is 1. The van der Waals surface area contributed by atoms with E-state index in [9.17, 15) is 43.3 Å². The quantitative estimate of drug-likeness (QED) is 0.174. The van der Waals surface area contributed by atoms with Crippen molar-refractivity contribution in [3.05, 3.63) is 23.8 Å². The number of carbonyl (C=O) groups is 4. The number of aromatic hydroxyl groups is 2. The van der Waals surface area contributed by atoms with E-state index in [-0.39, 0.29) is 12.0 Å². The fourth-order valence-electron chi connectivity index (χ4n) is 3.11. The number of hydrogen-bond acceptors (Lipinski definition) is 9. The van der Waals surface area contributed by atoms with E-state index in [1.807, 2.05) is 0 Å². The zero-order valence-corrected chi connectivity index (χ0v) is 18.1. The molecule has 1 aromatic carbocycles. The van der Waals surface area contributed by atoms with Gasteiger partial charge < -0.3 is 29.5 Å². The lowest BCUT2D eigenvalue weighted by Crippen LogP contribution is -2.68. The molecule has 1 aromatic rings. The second-order valence-corrected chi connectivity index (χ2v) is 8.80. The van der Waals surface area contributed by atoms with Crippen LogP contribution in [0.25, 0.3) is 0 Å². The molecule has 4 N–H and O–H groups in total. The molecule has 1 fully saturated rings. The van der Waals surface area contributed by atoms with Gasteiger partial charge in [0, 0.05) is 25.1 Å². The largest absolute Gasteiger partial charge is 0.772 e. The molecule has 0 aliphatic carbocycles. The molecule has 1 aliphatic heterocycles. The SMILES string of the molecule is C[C@@H]1CC(=O)N1[C@@H](C(=O)O)[C@](C)(COC(=O)N(C)NC(=O)c1ccc(O)c(O)c1)S(=O)[O-]. The van der Waals surface area contributed by atoms with Gasteiger partial charge in [0.05, 0.1) is 4.75 Å². The number of nitrogens with one attached hydrogen (secondary N) is 1. The lowest BCUT2D eigenvalue weighted by atomic mass is 9.92. The van der Waals surface area contributed by atoms with E-state index < -0.39 is 69.9 Å². The van der Waals surface area contributed by atoms with Crippen molar-refractivity contribution in [2.75, 3.05) is 13.7 Å². The first-order valence-corrected chi connectivity index (χ1v) is 10.2. The van der Waals surface area contributed by atoms with E-state index in [1.165, 1.54) is 6.07 Å². The van der Waals surface area contributed by atoms with Crippen LogP contribution in [0, 0.1) is 0 Å². The predicted molar refractivity (Wildman–Crippen MR) is 106 cm³/mol. The van der Waals surface area contributed by atoms with Gasteiger partial charge >= 0.3 is 12.1 Å². The van der Waals surface area contributed by atoms with Crippen molar-refractivity contribution in [3.8, 4) is 11.5 Å². The average Bonchev–Trinajstić information content (AvgIpc) is 2.71. The molecule has 3 amide bonds. The van der Waals surface area contributed by atoms with Crippen LogP contribution in [0.1, 0.15) is 30.6 Å². The fourth-order valence-corrected chi connectivity index (χ4v) is 3.66. The maximum Gasteiger partial charge on any atom is 0.428 e. The molecular formula is C18H22N3O10S-. The number of rotatable bonds is 7. The first-order valence-electron chi connectivity index (χ1n) is 9.16. The summed E-state index contributed by atoms with van der Waals surface area (Å²) in [6.45, 7) is 1.66. The number of β-lactam (4-membered cyclic amide) rings is 1. The molecule has 0 radical (unpaired) electrons. The van der Waals surface area contributed by atoms with Crippen LogP contribution in [0.5, 0.6) is 11.5 Å². The van der Waals surface area contributed by atoms with Gasteiger partial charge in [0.2, 0.25) is 5.91 Å². The monoisotopic (exact) mass is 472 g/mol. The minimum Gasteiger partial charge on any atom is -0.772 e. The summed E-state index contributed by atoms with van der Waals surface area (Å²) < 4.78 is 26.6. The van der Waals surface area contributed by atoms with Crippen molar-refractivity contribution in [1.82, 2.24) is 15.3 Å². The number of hydrogen-bond donors (Lipinski definition) is 4. The summed E-state index contributed by atoms with van der Waals surface area (Å²) in [7, 11) is 1.09. The van der Waals surface area contributed by atoms with Crippen LogP contribution in [0.3, 0.4) is 0 Å². The van der Waals surface area contributed by atoms with Crippen LogP contribution in [-0.4, -0.2) is 88.4 Å². The van der Waals surface area contributed by atoms with Crippen LogP contribution in [0.4, 0.5) is 4.79 Å². The molecule has 0 bridgehead atoms. The zero-order chi connectivity index (χ0) is 24.4. The van der Waals surface area contributed by atoms with Gasteiger partial charge in [-0.25, -0.2) is 14.6 Å². The van der Waals surface area contributed by atoms with Gasteiger partial charge in [-0.05, 0) is 43.1 Å². The molecule has 2 rings (SSSR count). The standard InChI is InChI=1S/C18H23N3O10S/c1-9-6-13(24)21(9)14(16(26)27)18(2,32(29)30)8-31-17(28)20(3)19-15(25)10-4-5-11(22)12(23)7-10/h4-5,7,9,14,22-23H,6,8H2,1-3H3,(H,19,25)(H,26,27)(H,29,30)/p-1/t9-,14+,18+/m1/s1. The van der Waals surface area contributed by atoms with Gasteiger partial charge in [0.25, 0.3) is 5.91 Å². The van der Waals surface area contributed by atoms with Gasteiger partial charge in [-0.15, -0.1) is 0 Å². The summed E-state index contributed by atoms with van der Waals surface area (Å²) >= 11 is -3.07. The highest BCUT2D eigenvalue weighted by molar-refractivity contribution is 7.80. The minimum atomic E-state index is -3.07. The van der Waals surface area contributed by atoms with Crippen molar-refractivity contribution in [1.29, 1.82) is 0 Å². The number of hydrazine groups is 1. The molecule has 0 aromatic heterocycles. The lowest BCUT2D eigenvalue weighted by Gasteiger charge is -2.49. The highest BCUT2D eigenvalue weighted by Crippen LogP contribution is 2.31. The summed E-state index contributed by atoms with van der Waals surface area (Å²) in [6, 6.07) is 0.867. The smallest absolute Gasteiger partial charge is 0.428 e. The normalized spacial score (nSPS) is 19.2. The molecule has 1 aliphatic rings. The Morgan fingerprint density at radius 3 is 2.47 bits per heavy atom. The number of amides is 3. The van der Waals surface area contributed by atoms with Gasteiger partial charge in [-0.3, -0.25) is 19.2 Å². The predicted octanol–water partition coefficient (Wildman–Crippen LogP) is -0.477. The van der Waals surface area contributed by atoms with E-state index in [0.29, 0.717) is 5.01 Å². The van der Waals surface area contributed by atoms with Crippen molar-refractivity contribution < 1.29 is 48.0 Å². The second-order valence-electron chi connectivity index (χ2n) is 7.40. The summed E-state index contributed by atoms with van der Waals surface area (Å²) in [5, 5.41) is 28.9. The molecule has 32 heavy (non-hydrogen) atoms. The Kier molecular flexibility index (Phi) is 7.31. The first kappa shape index (κ1) is 24.9.